The van der Waals surface area contributed by atoms with E-state index in [4.69, 9.17) is 0 Å². The third kappa shape index (κ3) is 1.97. The van der Waals surface area contributed by atoms with Crippen LogP contribution in [0.5, 0.6) is 0 Å². The molecule has 4 heteroatoms. The van der Waals surface area contributed by atoms with Gasteiger partial charge in [0.1, 0.15) is 6.29 Å². The van der Waals surface area contributed by atoms with Crippen molar-refractivity contribution in [3.05, 3.63) is 52.6 Å². The van der Waals surface area contributed by atoms with E-state index in [1.165, 1.54) is 0 Å². The molecule has 0 radical (unpaired) electrons. The summed E-state index contributed by atoms with van der Waals surface area (Å²) in [4.78, 5) is 27.1. The quantitative estimate of drug-likeness (QED) is 0.611. The molecule has 0 saturated carbocycles. The molecule has 1 heterocycles. The number of hydrogen-bond donors (Lipinski definition) is 0. The van der Waals surface area contributed by atoms with Crippen LogP contribution in [0.15, 0.2) is 24.3 Å². The molecular formula is C14H14N2O2. The average Bonchev–Trinajstić information content (AvgIpc) is 2.66. The summed E-state index contributed by atoms with van der Waals surface area (Å²) < 4.78 is 1.78. The lowest BCUT2D eigenvalue weighted by Crippen LogP contribution is -2.09. The van der Waals surface area contributed by atoms with Crippen molar-refractivity contribution in [2.24, 2.45) is 7.05 Å². The third-order valence-electron chi connectivity index (χ3n) is 3.13. The zero-order valence-electron chi connectivity index (χ0n) is 10.6. The van der Waals surface area contributed by atoms with Crippen LogP contribution in [0.3, 0.4) is 0 Å². The highest BCUT2D eigenvalue weighted by atomic mass is 16.1. The van der Waals surface area contributed by atoms with E-state index in [0.717, 1.165) is 17.7 Å². The number of benzene rings is 1. The van der Waals surface area contributed by atoms with Crippen molar-refractivity contribution in [2.45, 2.75) is 13.8 Å². The van der Waals surface area contributed by atoms with E-state index in [1.54, 1.807) is 28.8 Å². The molecule has 1 aromatic carbocycles. The SMILES string of the molecule is Cc1nc(C(=O)c2ccc(C=O)cc2)n(C)c1C. The molecule has 2 rings (SSSR count). The second kappa shape index (κ2) is 4.56. The number of aldehydes is 1. The summed E-state index contributed by atoms with van der Waals surface area (Å²) >= 11 is 0. The molecule has 0 aliphatic carbocycles. The molecule has 0 saturated heterocycles. The molecule has 0 spiro atoms. The summed E-state index contributed by atoms with van der Waals surface area (Å²) in [7, 11) is 1.82. The van der Waals surface area contributed by atoms with Gasteiger partial charge in [-0.15, -0.1) is 0 Å². The number of nitrogens with zero attached hydrogens (tertiary/aromatic N) is 2. The largest absolute Gasteiger partial charge is 0.328 e. The lowest BCUT2D eigenvalue weighted by molar-refractivity contribution is 0.102. The molecule has 92 valence electrons. The van der Waals surface area contributed by atoms with Crippen LogP contribution in [0.1, 0.15) is 37.9 Å². The van der Waals surface area contributed by atoms with Crippen LogP contribution in [-0.2, 0) is 7.05 Å². The fourth-order valence-corrected chi connectivity index (χ4v) is 1.76. The Labute approximate surface area is 105 Å². The van der Waals surface area contributed by atoms with Crippen LogP contribution in [0.25, 0.3) is 0 Å². The molecule has 18 heavy (non-hydrogen) atoms. The highest BCUT2D eigenvalue weighted by molar-refractivity contribution is 6.07. The first-order chi connectivity index (χ1) is 8.54. The van der Waals surface area contributed by atoms with Gasteiger partial charge in [-0.1, -0.05) is 24.3 Å². The molecule has 0 amide bonds. The van der Waals surface area contributed by atoms with E-state index in [2.05, 4.69) is 4.98 Å². The molecular weight excluding hydrogens is 228 g/mol. The number of imidazole rings is 1. The zero-order chi connectivity index (χ0) is 13.3. The van der Waals surface area contributed by atoms with Crippen LogP contribution >= 0.6 is 0 Å². The maximum absolute atomic E-state index is 12.3. The Kier molecular flexibility index (Phi) is 3.10. The summed E-state index contributed by atoms with van der Waals surface area (Å²) in [5.41, 5.74) is 2.92. The number of carbonyl (C=O) groups excluding carboxylic acids is 2. The predicted molar refractivity (Wildman–Crippen MR) is 67.9 cm³/mol. The first-order valence-corrected chi connectivity index (χ1v) is 5.64. The van der Waals surface area contributed by atoms with Gasteiger partial charge in [0.05, 0.1) is 5.69 Å². The van der Waals surface area contributed by atoms with E-state index in [1.807, 2.05) is 20.9 Å². The number of carbonyl (C=O) groups is 2. The highest BCUT2D eigenvalue weighted by Gasteiger charge is 2.17. The van der Waals surface area contributed by atoms with Crippen molar-refractivity contribution in [1.82, 2.24) is 9.55 Å². The topological polar surface area (TPSA) is 52.0 Å². The van der Waals surface area contributed by atoms with Gasteiger partial charge in [-0.05, 0) is 13.8 Å². The van der Waals surface area contributed by atoms with Crippen molar-refractivity contribution >= 4 is 12.1 Å². The Morgan fingerprint density at radius 3 is 2.28 bits per heavy atom. The molecule has 2 aromatic rings. The van der Waals surface area contributed by atoms with Gasteiger partial charge in [0.2, 0.25) is 5.78 Å². The highest BCUT2D eigenvalue weighted by Crippen LogP contribution is 2.13. The molecule has 0 unspecified atom stereocenters. The van der Waals surface area contributed by atoms with Crippen LogP contribution < -0.4 is 0 Å². The van der Waals surface area contributed by atoms with Crippen LogP contribution in [0.2, 0.25) is 0 Å². The van der Waals surface area contributed by atoms with Crippen molar-refractivity contribution in [3.8, 4) is 0 Å². The van der Waals surface area contributed by atoms with Gasteiger partial charge in [-0.3, -0.25) is 9.59 Å². The van der Waals surface area contributed by atoms with Crippen LogP contribution in [0.4, 0.5) is 0 Å². The third-order valence-corrected chi connectivity index (χ3v) is 3.13. The second-order valence-electron chi connectivity index (χ2n) is 4.23. The second-order valence-corrected chi connectivity index (χ2v) is 4.23. The molecule has 0 N–H and O–H groups in total. The van der Waals surface area contributed by atoms with E-state index < -0.39 is 0 Å². The molecule has 0 atom stereocenters. The van der Waals surface area contributed by atoms with Crippen molar-refractivity contribution in [2.75, 3.05) is 0 Å². The molecule has 4 nitrogen and oxygen atoms in total. The number of hydrogen-bond acceptors (Lipinski definition) is 3. The minimum Gasteiger partial charge on any atom is -0.328 e. The van der Waals surface area contributed by atoms with E-state index in [-0.39, 0.29) is 5.78 Å². The van der Waals surface area contributed by atoms with Crippen molar-refractivity contribution < 1.29 is 9.59 Å². The number of aryl methyl sites for hydroxylation is 1. The molecule has 0 aliphatic rings. The standard InChI is InChI=1S/C14H14N2O2/c1-9-10(2)16(3)14(15-9)13(18)12-6-4-11(8-17)5-7-12/h4-8H,1-3H3. The number of rotatable bonds is 3. The fraction of sp³-hybridized carbons (Fsp3) is 0.214. The normalized spacial score (nSPS) is 10.4. The lowest BCUT2D eigenvalue weighted by Gasteiger charge is -2.02. The lowest BCUT2D eigenvalue weighted by atomic mass is 10.1. The van der Waals surface area contributed by atoms with Gasteiger partial charge in [-0.2, -0.15) is 0 Å². The molecule has 1 aromatic heterocycles. The minimum atomic E-state index is -0.133. The Morgan fingerprint density at radius 2 is 1.83 bits per heavy atom. The van der Waals surface area contributed by atoms with Crippen molar-refractivity contribution in [3.63, 3.8) is 0 Å². The summed E-state index contributed by atoms with van der Waals surface area (Å²) in [6.07, 6.45) is 0.753. The van der Waals surface area contributed by atoms with E-state index >= 15 is 0 Å². The summed E-state index contributed by atoms with van der Waals surface area (Å²) in [6.45, 7) is 3.80. The maximum atomic E-state index is 12.3. The van der Waals surface area contributed by atoms with Gasteiger partial charge in [0.15, 0.2) is 5.82 Å². The Hall–Kier alpha value is -2.23. The Morgan fingerprint density at radius 1 is 1.22 bits per heavy atom. The number of aromatic nitrogens is 2. The van der Waals surface area contributed by atoms with Crippen molar-refractivity contribution in [1.29, 1.82) is 0 Å². The fourth-order valence-electron chi connectivity index (χ4n) is 1.76. The van der Waals surface area contributed by atoms with Crippen LogP contribution in [-0.4, -0.2) is 21.6 Å². The minimum absolute atomic E-state index is 0.133. The van der Waals surface area contributed by atoms with E-state index in [0.29, 0.717) is 17.0 Å². The van der Waals surface area contributed by atoms with Gasteiger partial charge in [0, 0.05) is 23.9 Å². The Bertz CT molecular complexity index is 609. The van der Waals surface area contributed by atoms with Gasteiger partial charge in [0.25, 0.3) is 0 Å². The smallest absolute Gasteiger partial charge is 0.228 e. The van der Waals surface area contributed by atoms with Crippen LogP contribution in [0, 0.1) is 13.8 Å². The Balaban J connectivity index is 2.41. The van der Waals surface area contributed by atoms with E-state index in [9.17, 15) is 9.59 Å². The first kappa shape index (κ1) is 12.2. The molecule has 0 aliphatic heterocycles. The van der Waals surface area contributed by atoms with Gasteiger partial charge >= 0.3 is 0 Å². The first-order valence-electron chi connectivity index (χ1n) is 5.64. The summed E-state index contributed by atoms with van der Waals surface area (Å²) in [5.74, 6) is 0.287. The zero-order valence-corrected chi connectivity index (χ0v) is 10.6. The monoisotopic (exact) mass is 242 g/mol. The van der Waals surface area contributed by atoms with Gasteiger partial charge < -0.3 is 4.57 Å². The summed E-state index contributed by atoms with van der Waals surface area (Å²) in [5, 5.41) is 0. The molecule has 0 fully saturated rings. The maximum Gasteiger partial charge on any atom is 0.228 e. The van der Waals surface area contributed by atoms with Gasteiger partial charge in [-0.25, -0.2) is 4.98 Å². The average molecular weight is 242 g/mol. The number of ketones is 1. The summed E-state index contributed by atoms with van der Waals surface area (Å²) in [6, 6.07) is 6.54. The predicted octanol–water partition coefficient (Wildman–Crippen LogP) is 2.08. The molecule has 0 bridgehead atoms.